The van der Waals surface area contributed by atoms with Gasteiger partial charge in [-0.1, -0.05) is 25.5 Å². The second-order valence-corrected chi connectivity index (χ2v) is 7.47. The average Bonchev–Trinajstić information content (AvgIpc) is 3.08. The molecular weight excluding hydrogens is 360 g/mol. The molecule has 2 amide bonds. The lowest BCUT2D eigenvalue weighted by Gasteiger charge is -2.24. The number of hydrogen-bond acceptors (Lipinski definition) is 4. The zero-order valence-electron chi connectivity index (χ0n) is 15.6. The van der Waals surface area contributed by atoms with Crippen molar-refractivity contribution in [3.8, 4) is 5.75 Å². The number of rotatable bonds is 7. The highest BCUT2D eigenvalue weighted by molar-refractivity contribution is 8.00. The van der Waals surface area contributed by atoms with E-state index < -0.39 is 0 Å². The van der Waals surface area contributed by atoms with Crippen LogP contribution in [0.15, 0.2) is 48.5 Å². The summed E-state index contributed by atoms with van der Waals surface area (Å²) in [6, 6.07) is 15.3. The number of hydrogen-bond donors (Lipinski definition) is 1. The standard InChI is InChI=1S/C21H24N2O3S/c1-3-4-5-19(24)22-16-8-6-15(7-9-16)21-23(20(25)14-27-21)17-10-12-18(26-2)13-11-17/h6-13,21H,3-5,14H2,1-2H3,(H,22,24). The molecule has 0 saturated carbocycles. The number of methoxy groups -OCH3 is 1. The van der Waals surface area contributed by atoms with Gasteiger partial charge in [-0.2, -0.15) is 0 Å². The van der Waals surface area contributed by atoms with Crippen LogP contribution in [0, 0.1) is 0 Å². The summed E-state index contributed by atoms with van der Waals surface area (Å²) in [4.78, 5) is 26.1. The molecule has 2 aromatic rings. The molecule has 0 radical (unpaired) electrons. The summed E-state index contributed by atoms with van der Waals surface area (Å²) < 4.78 is 5.20. The lowest BCUT2D eigenvalue weighted by Crippen LogP contribution is -2.27. The fraction of sp³-hybridized carbons (Fsp3) is 0.333. The van der Waals surface area contributed by atoms with E-state index in [-0.39, 0.29) is 17.2 Å². The quantitative estimate of drug-likeness (QED) is 0.758. The molecule has 1 unspecified atom stereocenters. The molecule has 27 heavy (non-hydrogen) atoms. The molecule has 0 aliphatic carbocycles. The van der Waals surface area contributed by atoms with Gasteiger partial charge >= 0.3 is 0 Å². The lowest BCUT2D eigenvalue weighted by atomic mass is 10.1. The molecule has 1 atom stereocenters. The summed E-state index contributed by atoms with van der Waals surface area (Å²) in [6.45, 7) is 2.07. The summed E-state index contributed by atoms with van der Waals surface area (Å²) in [6.07, 6.45) is 2.43. The molecule has 1 saturated heterocycles. The fourth-order valence-electron chi connectivity index (χ4n) is 2.98. The van der Waals surface area contributed by atoms with Crippen molar-refractivity contribution >= 4 is 35.0 Å². The largest absolute Gasteiger partial charge is 0.497 e. The van der Waals surface area contributed by atoms with Crippen molar-refractivity contribution in [1.82, 2.24) is 0 Å². The number of carbonyl (C=O) groups is 2. The van der Waals surface area contributed by atoms with Crippen molar-refractivity contribution in [1.29, 1.82) is 0 Å². The molecule has 6 heteroatoms. The molecule has 5 nitrogen and oxygen atoms in total. The van der Waals surface area contributed by atoms with E-state index in [1.54, 1.807) is 18.9 Å². The van der Waals surface area contributed by atoms with E-state index in [1.165, 1.54) is 0 Å². The van der Waals surface area contributed by atoms with Crippen LogP contribution in [-0.2, 0) is 9.59 Å². The van der Waals surface area contributed by atoms with Crippen LogP contribution < -0.4 is 15.0 Å². The van der Waals surface area contributed by atoms with Crippen molar-refractivity contribution in [2.24, 2.45) is 0 Å². The van der Waals surface area contributed by atoms with E-state index in [1.807, 2.05) is 53.4 Å². The molecule has 1 aliphatic rings. The van der Waals surface area contributed by atoms with Gasteiger partial charge in [0.15, 0.2) is 0 Å². The minimum absolute atomic E-state index is 0.0369. The number of unbranched alkanes of at least 4 members (excludes halogenated alkanes) is 1. The number of ether oxygens (including phenoxy) is 1. The SMILES string of the molecule is CCCCC(=O)Nc1ccc(C2SCC(=O)N2c2ccc(OC)cc2)cc1. The maximum atomic E-state index is 12.4. The molecule has 0 aromatic heterocycles. The van der Waals surface area contributed by atoms with E-state index in [2.05, 4.69) is 12.2 Å². The van der Waals surface area contributed by atoms with Crippen LogP contribution in [-0.4, -0.2) is 24.7 Å². The first-order valence-corrected chi connectivity index (χ1v) is 10.1. The zero-order chi connectivity index (χ0) is 19.2. The van der Waals surface area contributed by atoms with E-state index in [0.29, 0.717) is 12.2 Å². The highest BCUT2D eigenvalue weighted by Crippen LogP contribution is 2.42. The first-order chi connectivity index (χ1) is 13.1. The molecule has 1 aliphatic heterocycles. The van der Waals surface area contributed by atoms with Crippen LogP contribution in [0.25, 0.3) is 0 Å². The first kappa shape index (κ1) is 19.3. The molecule has 0 spiro atoms. The smallest absolute Gasteiger partial charge is 0.238 e. The molecule has 3 rings (SSSR count). The van der Waals surface area contributed by atoms with Gasteiger partial charge in [-0.05, 0) is 48.4 Å². The van der Waals surface area contributed by atoms with Gasteiger partial charge in [0, 0.05) is 17.8 Å². The number of carbonyl (C=O) groups excluding carboxylic acids is 2. The molecule has 1 N–H and O–H groups in total. The van der Waals surface area contributed by atoms with Crippen molar-refractivity contribution in [2.45, 2.75) is 31.6 Å². The molecule has 1 fully saturated rings. The van der Waals surface area contributed by atoms with Crippen molar-refractivity contribution in [3.63, 3.8) is 0 Å². The number of anilines is 2. The van der Waals surface area contributed by atoms with Crippen LogP contribution in [0.5, 0.6) is 5.75 Å². The van der Waals surface area contributed by atoms with Gasteiger partial charge in [0.25, 0.3) is 0 Å². The Hall–Kier alpha value is -2.47. The van der Waals surface area contributed by atoms with Crippen molar-refractivity contribution < 1.29 is 14.3 Å². The predicted octanol–water partition coefficient (Wildman–Crippen LogP) is 4.60. The Morgan fingerprint density at radius 3 is 2.52 bits per heavy atom. The molecule has 2 aromatic carbocycles. The summed E-state index contributed by atoms with van der Waals surface area (Å²) >= 11 is 1.61. The van der Waals surface area contributed by atoms with E-state index in [9.17, 15) is 9.59 Å². The van der Waals surface area contributed by atoms with Crippen LogP contribution in [0.2, 0.25) is 0 Å². The molecule has 1 heterocycles. The number of nitrogens with one attached hydrogen (secondary N) is 1. The van der Waals surface area contributed by atoms with Crippen molar-refractivity contribution in [3.05, 3.63) is 54.1 Å². The Labute approximate surface area is 164 Å². The maximum Gasteiger partial charge on any atom is 0.238 e. The Morgan fingerprint density at radius 2 is 1.89 bits per heavy atom. The van der Waals surface area contributed by atoms with Gasteiger partial charge in [0.1, 0.15) is 11.1 Å². The van der Waals surface area contributed by atoms with Crippen molar-refractivity contribution in [2.75, 3.05) is 23.1 Å². The van der Waals surface area contributed by atoms with Crippen LogP contribution in [0.3, 0.4) is 0 Å². The predicted molar refractivity (Wildman–Crippen MR) is 110 cm³/mol. The molecule has 142 valence electrons. The Kier molecular flexibility index (Phi) is 6.40. The Bertz CT molecular complexity index is 790. The van der Waals surface area contributed by atoms with Gasteiger partial charge in [-0.15, -0.1) is 11.8 Å². The van der Waals surface area contributed by atoms with E-state index in [0.717, 1.165) is 35.5 Å². The number of thioether (sulfide) groups is 1. The van der Waals surface area contributed by atoms with Gasteiger partial charge < -0.3 is 10.1 Å². The fourth-order valence-corrected chi connectivity index (χ4v) is 4.16. The summed E-state index contributed by atoms with van der Waals surface area (Å²) in [7, 11) is 1.62. The summed E-state index contributed by atoms with van der Waals surface area (Å²) in [5, 5.41) is 2.85. The van der Waals surface area contributed by atoms with Gasteiger partial charge in [0.05, 0.1) is 12.9 Å². The highest BCUT2D eigenvalue weighted by Gasteiger charge is 2.34. The van der Waals surface area contributed by atoms with Gasteiger partial charge in [0.2, 0.25) is 11.8 Å². The van der Waals surface area contributed by atoms with Crippen LogP contribution in [0.1, 0.15) is 37.1 Å². The first-order valence-electron chi connectivity index (χ1n) is 9.10. The Morgan fingerprint density at radius 1 is 1.19 bits per heavy atom. The second kappa shape index (κ2) is 8.95. The van der Waals surface area contributed by atoms with Crippen LogP contribution in [0.4, 0.5) is 11.4 Å². The summed E-state index contributed by atoms with van der Waals surface area (Å²) in [5.41, 5.74) is 2.67. The summed E-state index contributed by atoms with van der Waals surface area (Å²) in [5.74, 6) is 1.34. The third-order valence-corrected chi connectivity index (χ3v) is 5.67. The van der Waals surface area contributed by atoms with Gasteiger partial charge in [-0.25, -0.2) is 0 Å². The minimum atomic E-state index is -0.0734. The highest BCUT2D eigenvalue weighted by atomic mass is 32.2. The van der Waals surface area contributed by atoms with Gasteiger partial charge in [-0.3, -0.25) is 14.5 Å². The third-order valence-electron chi connectivity index (χ3n) is 4.46. The van der Waals surface area contributed by atoms with Crippen LogP contribution >= 0.6 is 11.8 Å². The average molecular weight is 385 g/mol. The minimum Gasteiger partial charge on any atom is -0.497 e. The second-order valence-electron chi connectivity index (χ2n) is 6.40. The maximum absolute atomic E-state index is 12.4. The Balaban J connectivity index is 1.74. The number of benzene rings is 2. The lowest BCUT2D eigenvalue weighted by molar-refractivity contribution is -0.116. The topological polar surface area (TPSA) is 58.6 Å². The molecular formula is C21H24N2O3S. The van der Waals surface area contributed by atoms with E-state index >= 15 is 0 Å². The zero-order valence-corrected chi connectivity index (χ0v) is 16.4. The number of amides is 2. The molecule has 0 bridgehead atoms. The normalized spacial score (nSPS) is 16.4. The number of nitrogens with zero attached hydrogens (tertiary/aromatic N) is 1. The van der Waals surface area contributed by atoms with E-state index in [4.69, 9.17) is 4.74 Å². The monoisotopic (exact) mass is 384 g/mol. The third kappa shape index (κ3) is 4.63.